The molecule has 0 saturated heterocycles. The van der Waals surface area contributed by atoms with Crippen LogP contribution in [0.5, 0.6) is 11.5 Å². The van der Waals surface area contributed by atoms with Gasteiger partial charge in [-0.3, -0.25) is 0 Å². The largest absolute Gasteiger partial charge is 0.507 e. The summed E-state index contributed by atoms with van der Waals surface area (Å²) in [5.41, 5.74) is 6.24. The lowest BCUT2D eigenvalue weighted by molar-refractivity contribution is 0.440. The molecule has 0 amide bonds. The van der Waals surface area contributed by atoms with Crippen molar-refractivity contribution in [1.82, 2.24) is 0 Å². The first-order valence-electron chi connectivity index (χ1n) is 9.43. The second-order valence-electron chi connectivity index (χ2n) is 7.36. The van der Waals surface area contributed by atoms with E-state index in [-0.39, 0.29) is 11.5 Å². The quantitative estimate of drug-likeness (QED) is 0.419. The van der Waals surface area contributed by atoms with Crippen LogP contribution < -0.4 is 0 Å². The van der Waals surface area contributed by atoms with Gasteiger partial charge in [0.15, 0.2) is 0 Å². The summed E-state index contributed by atoms with van der Waals surface area (Å²) < 4.78 is 0. The second kappa shape index (κ2) is 9.82. The topological polar surface area (TPSA) is 40.5 Å². The minimum atomic E-state index is 0.131. The van der Waals surface area contributed by atoms with Gasteiger partial charge >= 0.3 is 0 Å². The van der Waals surface area contributed by atoms with Gasteiger partial charge in [0, 0.05) is 5.56 Å². The van der Waals surface area contributed by atoms with E-state index in [9.17, 15) is 10.2 Å². The van der Waals surface area contributed by atoms with Crippen LogP contribution in [0.1, 0.15) is 55.9 Å². The van der Waals surface area contributed by atoms with Crippen LogP contribution in [0.25, 0.3) is 12.2 Å². The van der Waals surface area contributed by atoms with Gasteiger partial charge in [0.1, 0.15) is 11.5 Å². The Labute approximate surface area is 163 Å². The Balaban J connectivity index is 2.07. The Hall–Kier alpha value is -2.74. The zero-order chi connectivity index (χ0) is 19.8. The Morgan fingerprint density at radius 1 is 0.852 bits per heavy atom. The van der Waals surface area contributed by atoms with E-state index in [0.29, 0.717) is 12.0 Å². The third-order valence-corrected chi connectivity index (χ3v) is 4.52. The van der Waals surface area contributed by atoms with Crippen molar-refractivity contribution in [3.63, 3.8) is 0 Å². The SMILES string of the molecule is CC(C)=CCC/C(C)=C/Cc1c(O)cc(/C=C\c2ccc(C)cc2)cc1O. The molecule has 142 valence electrons. The van der Waals surface area contributed by atoms with Gasteiger partial charge in [-0.25, -0.2) is 0 Å². The molecule has 0 spiro atoms. The summed E-state index contributed by atoms with van der Waals surface area (Å²) in [6.07, 6.45) is 10.7. The van der Waals surface area contributed by atoms with E-state index in [4.69, 9.17) is 0 Å². The van der Waals surface area contributed by atoms with Gasteiger partial charge in [-0.05, 0) is 70.2 Å². The molecule has 2 rings (SSSR count). The molecular weight excluding hydrogens is 332 g/mol. The summed E-state index contributed by atoms with van der Waals surface area (Å²) in [5.74, 6) is 0.263. The van der Waals surface area contributed by atoms with Crippen molar-refractivity contribution >= 4 is 12.2 Å². The van der Waals surface area contributed by atoms with Gasteiger partial charge in [0.25, 0.3) is 0 Å². The second-order valence-corrected chi connectivity index (χ2v) is 7.36. The number of benzene rings is 2. The number of phenols is 2. The molecule has 2 N–H and O–H groups in total. The van der Waals surface area contributed by atoms with E-state index in [1.165, 1.54) is 16.7 Å². The number of allylic oxidation sites excluding steroid dienone is 4. The highest BCUT2D eigenvalue weighted by Gasteiger charge is 2.08. The van der Waals surface area contributed by atoms with E-state index in [1.807, 2.05) is 24.3 Å². The smallest absolute Gasteiger partial charge is 0.123 e. The Kier molecular flexibility index (Phi) is 7.48. The van der Waals surface area contributed by atoms with Gasteiger partial charge in [0.2, 0.25) is 0 Å². The summed E-state index contributed by atoms with van der Waals surface area (Å²) in [7, 11) is 0. The summed E-state index contributed by atoms with van der Waals surface area (Å²) >= 11 is 0. The first-order valence-corrected chi connectivity index (χ1v) is 9.43. The predicted octanol–water partition coefficient (Wildman–Crippen LogP) is 6.81. The van der Waals surface area contributed by atoms with Crippen LogP contribution in [0.2, 0.25) is 0 Å². The van der Waals surface area contributed by atoms with Crippen LogP contribution in [0, 0.1) is 6.92 Å². The first kappa shape index (κ1) is 20.6. The molecule has 27 heavy (non-hydrogen) atoms. The molecule has 0 saturated carbocycles. The summed E-state index contributed by atoms with van der Waals surface area (Å²) in [5, 5.41) is 20.7. The molecule has 0 fully saturated rings. The zero-order valence-corrected chi connectivity index (χ0v) is 16.8. The molecule has 0 atom stereocenters. The number of rotatable bonds is 7. The van der Waals surface area contributed by atoms with Crippen LogP contribution >= 0.6 is 0 Å². The van der Waals surface area contributed by atoms with E-state index in [1.54, 1.807) is 12.1 Å². The van der Waals surface area contributed by atoms with Crippen molar-refractivity contribution in [3.8, 4) is 11.5 Å². The van der Waals surface area contributed by atoms with Crippen molar-refractivity contribution in [2.24, 2.45) is 0 Å². The van der Waals surface area contributed by atoms with Gasteiger partial charge < -0.3 is 10.2 Å². The Bertz CT molecular complexity index is 825. The zero-order valence-electron chi connectivity index (χ0n) is 16.8. The molecule has 0 aliphatic heterocycles. The summed E-state index contributed by atoms with van der Waals surface area (Å²) in [6, 6.07) is 11.6. The lowest BCUT2D eigenvalue weighted by Crippen LogP contribution is -1.88. The predicted molar refractivity (Wildman–Crippen MR) is 116 cm³/mol. The molecule has 2 heteroatoms. The van der Waals surface area contributed by atoms with Crippen LogP contribution in [-0.4, -0.2) is 10.2 Å². The molecule has 0 bridgehead atoms. The van der Waals surface area contributed by atoms with Crippen molar-refractivity contribution in [3.05, 3.63) is 82.0 Å². The van der Waals surface area contributed by atoms with Gasteiger partial charge in [-0.1, -0.05) is 65.3 Å². The molecule has 0 unspecified atom stereocenters. The highest BCUT2D eigenvalue weighted by Crippen LogP contribution is 2.31. The number of aromatic hydroxyl groups is 2. The van der Waals surface area contributed by atoms with Gasteiger partial charge in [0.05, 0.1) is 0 Å². The van der Waals surface area contributed by atoms with Crippen molar-refractivity contribution in [2.75, 3.05) is 0 Å². The molecule has 2 nitrogen and oxygen atoms in total. The number of phenolic OH excluding ortho intramolecular Hbond substituents is 2. The van der Waals surface area contributed by atoms with E-state index >= 15 is 0 Å². The Morgan fingerprint density at radius 2 is 1.44 bits per heavy atom. The first-order chi connectivity index (χ1) is 12.8. The lowest BCUT2D eigenvalue weighted by Gasteiger charge is -2.08. The highest BCUT2D eigenvalue weighted by molar-refractivity contribution is 5.71. The average Bonchev–Trinajstić information content (AvgIpc) is 2.60. The normalized spacial score (nSPS) is 11.8. The molecule has 0 radical (unpaired) electrons. The molecule has 2 aromatic rings. The summed E-state index contributed by atoms with van der Waals surface area (Å²) in [6.45, 7) is 8.35. The number of hydrogen-bond acceptors (Lipinski definition) is 2. The molecular formula is C25H30O2. The third kappa shape index (κ3) is 6.82. The maximum Gasteiger partial charge on any atom is 0.123 e. The minimum Gasteiger partial charge on any atom is -0.507 e. The molecule has 0 aliphatic rings. The monoisotopic (exact) mass is 362 g/mol. The summed E-state index contributed by atoms with van der Waals surface area (Å²) in [4.78, 5) is 0. The van der Waals surface area contributed by atoms with Crippen molar-refractivity contribution in [2.45, 2.75) is 47.0 Å². The molecule has 0 aromatic heterocycles. The minimum absolute atomic E-state index is 0.131. The van der Waals surface area contributed by atoms with Crippen LogP contribution in [0.4, 0.5) is 0 Å². The third-order valence-electron chi connectivity index (χ3n) is 4.52. The number of hydrogen-bond donors (Lipinski definition) is 2. The van der Waals surface area contributed by atoms with E-state index < -0.39 is 0 Å². The maximum absolute atomic E-state index is 10.3. The van der Waals surface area contributed by atoms with E-state index in [2.05, 4.69) is 52.0 Å². The molecule has 0 aliphatic carbocycles. The standard InChI is InChI=1S/C25H30O2/c1-18(2)6-5-7-19(3)10-15-23-24(26)16-22(17-25(23)27)14-13-21-11-8-20(4)9-12-21/h6,8-14,16-17,26-27H,5,7,15H2,1-4H3/b14-13-,19-10+. The highest BCUT2D eigenvalue weighted by atomic mass is 16.3. The molecule has 0 heterocycles. The van der Waals surface area contributed by atoms with Gasteiger partial charge in [-0.2, -0.15) is 0 Å². The fraction of sp³-hybridized carbons (Fsp3) is 0.280. The van der Waals surface area contributed by atoms with Gasteiger partial charge in [-0.15, -0.1) is 0 Å². The Morgan fingerprint density at radius 3 is 2.04 bits per heavy atom. The maximum atomic E-state index is 10.3. The fourth-order valence-electron chi connectivity index (χ4n) is 2.81. The van der Waals surface area contributed by atoms with E-state index in [0.717, 1.165) is 24.0 Å². The van der Waals surface area contributed by atoms with Crippen LogP contribution in [0.15, 0.2) is 59.7 Å². The molecule has 2 aromatic carbocycles. The lowest BCUT2D eigenvalue weighted by atomic mass is 10.0. The van der Waals surface area contributed by atoms with Crippen molar-refractivity contribution in [1.29, 1.82) is 0 Å². The van der Waals surface area contributed by atoms with Crippen LogP contribution in [0.3, 0.4) is 0 Å². The van der Waals surface area contributed by atoms with Crippen molar-refractivity contribution < 1.29 is 10.2 Å². The van der Waals surface area contributed by atoms with Crippen LogP contribution in [-0.2, 0) is 6.42 Å². The number of aryl methyl sites for hydroxylation is 1. The fourth-order valence-corrected chi connectivity index (χ4v) is 2.81. The average molecular weight is 363 g/mol.